The molecule has 1 aliphatic rings. The van der Waals surface area contributed by atoms with Crippen molar-refractivity contribution in [3.63, 3.8) is 0 Å². The molecule has 0 spiro atoms. The number of nitrogens with one attached hydrogen (secondary N) is 3. The van der Waals surface area contributed by atoms with Crippen LogP contribution in [0.2, 0.25) is 0 Å². The third-order valence-corrected chi connectivity index (χ3v) is 2.77. The van der Waals surface area contributed by atoms with E-state index < -0.39 is 0 Å². The van der Waals surface area contributed by atoms with Gasteiger partial charge in [-0.15, -0.1) is 0 Å². The zero-order valence-electron chi connectivity index (χ0n) is 9.36. The number of rotatable bonds is 2. The molecule has 1 saturated heterocycles. The number of carbonyl (C=O) groups is 1. The number of anilines is 1. The molecule has 0 unspecified atom stereocenters. The maximum atomic E-state index is 11.1. The van der Waals surface area contributed by atoms with Gasteiger partial charge >= 0.3 is 6.03 Å². The normalized spacial score (nSPS) is 17.1. The standard InChI is InChI=1S/C10H17N5O/c1-11-10(16)14-8-6-13-15(7-8)9-2-4-12-5-3-9/h6-7,9,12H,2-5H2,1H3,(H2,11,14,16). The van der Waals surface area contributed by atoms with Crippen molar-refractivity contribution in [1.29, 1.82) is 0 Å². The fourth-order valence-corrected chi connectivity index (χ4v) is 1.87. The lowest BCUT2D eigenvalue weighted by molar-refractivity contribution is 0.254. The minimum Gasteiger partial charge on any atom is -0.341 e. The van der Waals surface area contributed by atoms with E-state index in [4.69, 9.17) is 0 Å². The zero-order chi connectivity index (χ0) is 11.4. The Kier molecular flexibility index (Phi) is 3.40. The number of aromatic nitrogens is 2. The van der Waals surface area contributed by atoms with Crippen LogP contribution >= 0.6 is 0 Å². The molecule has 1 fully saturated rings. The molecule has 0 aromatic carbocycles. The summed E-state index contributed by atoms with van der Waals surface area (Å²) in [7, 11) is 1.59. The highest BCUT2D eigenvalue weighted by atomic mass is 16.2. The van der Waals surface area contributed by atoms with E-state index in [1.54, 1.807) is 13.2 Å². The largest absolute Gasteiger partial charge is 0.341 e. The first kappa shape index (κ1) is 10.9. The summed E-state index contributed by atoms with van der Waals surface area (Å²) in [5, 5.41) is 12.8. The molecule has 2 amide bonds. The van der Waals surface area contributed by atoms with Crippen molar-refractivity contribution in [1.82, 2.24) is 20.4 Å². The van der Waals surface area contributed by atoms with Gasteiger partial charge in [-0.25, -0.2) is 4.79 Å². The molecule has 16 heavy (non-hydrogen) atoms. The third kappa shape index (κ3) is 2.52. The summed E-state index contributed by atoms with van der Waals surface area (Å²) in [5.41, 5.74) is 0.734. The Morgan fingerprint density at radius 2 is 2.31 bits per heavy atom. The van der Waals surface area contributed by atoms with Crippen LogP contribution in [0, 0.1) is 0 Å². The molecule has 1 aliphatic heterocycles. The number of amides is 2. The SMILES string of the molecule is CNC(=O)Nc1cnn(C2CCNCC2)c1. The minimum absolute atomic E-state index is 0.218. The van der Waals surface area contributed by atoms with Gasteiger partial charge in [0.15, 0.2) is 0 Å². The summed E-state index contributed by atoms with van der Waals surface area (Å²) in [6.07, 6.45) is 5.73. The second-order valence-corrected chi connectivity index (χ2v) is 3.89. The summed E-state index contributed by atoms with van der Waals surface area (Å²) in [4.78, 5) is 11.1. The first-order valence-corrected chi connectivity index (χ1v) is 5.53. The number of hydrogen-bond acceptors (Lipinski definition) is 3. The fraction of sp³-hybridized carbons (Fsp3) is 0.600. The van der Waals surface area contributed by atoms with Crippen LogP contribution in [-0.4, -0.2) is 35.9 Å². The molecule has 1 aromatic rings. The molecule has 0 atom stereocenters. The molecule has 0 aliphatic carbocycles. The monoisotopic (exact) mass is 223 g/mol. The van der Waals surface area contributed by atoms with Gasteiger partial charge in [0, 0.05) is 13.2 Å². The molecular weight excluding hydrogens is 206 g/mol. The van der Waals surface area contributed by atoms with Crippen LogP contribution in [-0.2, 0) is 0 Å². The molecule has 2 rings (SSSR count). The molecule has 0 bridgehead atoms. The van der Waals surface area contributed by atoms with E-state index in [1.807, 2.05) is 10.9 Å². The molecule has 6 nitrogen and oxygen atoms in total. The molecule has 1 aromatic heterocycles. The average Bonchev–Trinajstić information content (AvgIpc) is 2.78. The zero-order valence-corrected chi connectivity index (χ0v) is 9.36. The first-order valence-electron chi connectivity index (χ1n) is 5.53. The average molecular weight is 223 g/mol. The lowest BCUT2D eigenvalue weighted by Gasteiger charge is -2.22. The van der Waals surface area contributed by atoms with Gasteiger partial charge in [0.25, 0.3) is 0 Å². The van der Waals surface area contributed by atoms with Crippen molar-refractivity contribution in [3.05, 3.63) is 12.4 Å². The van der Waals surface area contributed by atoms with Gasteiger partial charge in [0.2, 0.25) is 0 Å². The smallest absolute Gasteiger partial charge is 0.319 e. The fourth-order valence-electron chi connectivity index (χ4n) is 1.87. The van der Waals surface area contributed by atoms with E-state index in [0.29, 0.717) is 6.04 Å². The highest BCUT2D eigenvalue weighted by molar-refractivity contribution is 5.88. The first-order chi connectivity index (χ1) is 7.79. The summed E-state index contributed by atoms with van der Waals surface area (Å²) in [5.74, 6) is 0. The van der Waals surface area contributed by atoms with Gasteiger partial charge in [-0.1, -0.05) is 0 Å². The van der Waals surface area contributed by atoms with Crippen molar-refractivity contribution < 1.29 is 4.79 Å². The van der Waals surface area contributed by atoms with Crippen molar-refractivity contribution in [2.45, 2.75) is 18.9 Å². The summed E-state index contributed by atoms with van der Waals surface area (Å²) < 4.78 is 1.94. The molecule has 0 radical (unpaired) electrons. The second-order valence-electron chi connectivity index (χ2n) is 3.89. The Morgan fingerprint density at radius 1 is 1.56 bits per heavy atom. The third-order valence-electron chi connectivity index (χ3n) is 2.77. The lowest BCUT2D eigenvalue weighted by atomic mass is 10.1. The van der Waals surface area contributed by atoms with E-state index in [9.17, 15) is 4.79 Å². The maximum absolute atomic E-state index is 11.1. The second kappa shape index (κ2) is 4.98. The van der Waals surface area contributed by atoms with E-state index in [0.717, 1.165) is 31.6 Å². The number of urea groups is 1. The predicted molar refractivity (Wildman–Crippen MR) is 61.4 cm³/mol. The van der Waals surface area contributed by atoms with Gasteiger partial charge in [-0.3, -0.25) is 4.68 Å². The summed E-state index contributed by atoms with van der Waals surface area (Å²) in [6, 6.07) is 0.228. The quantitative estimate of drug-likeness (QED) is 0.686. The van der Waals surface area contributed by atoms with Crippen LogP contribution in [0.5, 0.6) is 0 Å². The molecule has 2 heterocycles. The number of carbonyl (C=O) groups excluding carboxylic acids is 1. The topological polar surface area (TPSA) is 71.0 Å². The van der Waals surface area contributed by atoms with E-state index in [-0.39, 0.29) is 6.03 Å². The lowest BCUT2D eigenvalue weighted by Crippen LogP contribution is -2.29. The summed E-state index contributed by atoms with van der Waals surface area (Å²) >= 11 is 0. The minimum atomic E-state index is -0.218. The maximum Gasteiger partial charge on any atom is 0.319 e. The number of hydrogen-bond donors (Lipinski definition) is 3. The highest BCUT2D eigenvalue weighted by Gasteiger charge is 2.15. The molecular formula is C10H17N5O. The summed E-state index contributed by atoms with van der Waals surface area (Å²) in [6.45, 7) is 2.06. The molecule has 6 heteroatoms. The Bertz CT molecular complexity index is 356. The van der Waals surface area contributed by atoms with Crippen LogP contribution in [0.3, 0.4) is 0 Å². The highest BCUT2D eigenvalue weighted by Crippen LogP contribution is 2.19. The Balaban J connectivity index is 1.98. The number of piperidine rings is 1. The van der Waals surface area contributed by atoms with Gasteiger partial charge in [0.05, 0.1) is 17.9 Å². The Hall–Kier alpha value is -1.56. The van der Waals surface area contributed by atoms with Crippen LogP contribution < -0.4 is 16.0 Å². The van der Waals surface area contributed by atoms with Gasteiger partial charge < -0.3 is 16.0 Å². The van der Waals surface area contributed by atoms with Gasteiger partial charge in [0.1, 0.15) is 0 Å². The molecule has 3 N–H and O–H groups in total. The molecule has 88 valence electrons. The van der Waals surface area contributed by atoms with E-state index in [2.05, 4.69) is 21.0 Å². The van der Waals surface area contributed by atoms with E-state index in [1.165, 1.54) is 0 Å². The Morgan fingerprint density at radius 3 is 3.00 bits per heavy atom. The van der Waals surface area contributed by atoms with Crippen LogP contribution in [0.4, 0.5) is 10.5 Å². The Labute approximate surface area is 94.4 Å². The van der Waals surface area contributed by atoms with Crippen molar-refractivity contribution in [2.75, 3.05) is 25.5 Å². The van der Waals surface area contributed by atoms with Crippen LogP contribution in [0.1, 0.15) is 18.9 Å². The van der Waals surface area contributed by atoms with Crippen LogP contribution in [0.15, 0.2) is 12.4 Å². The number of nitrogens with zero attached hydrogens (tertiary/aromatic N) is 2. The van der Waals surface area contributed by atoms with Crippen molar-refractivity contribution in [2.24, 2.45) is 0 Å². The van der Waals surface area contributed by atoms with Crippen LogP contribution in [0.25, 0.3) is 0 Å². The van der Waals surface area contributed by atoms with Gasteiger partial charge in [-0.05, 0) is 25.9 Å². The molecule has 0 saturated carbocycles. The van der Waals surface area contributed by atoms with Gasteiger partial charge in [-0.2, -0.15) is 5.10 Å². The van der Waals surface area contributed by atoms with Crippen molar-refractivity contribution >= 4 is 11.7 Å². The van der Waals surface area contributed by atoms with E-state index >= 15 is 0 Å². The van der Waals surface area contributed by atoms with Crippen molar-refractivity contribution in [3.8, 4) is 0 Å². The predicted octanol–water partition coefficient (Wildman–Crippen LogP) is 0.559.